The molecule has 0 saturated carbocycles. The number of morpholine rings is 1. The number of rotatable bonds is 4. The van der Waals surface area contributed by atoms with Gasteiger partial charge in [0.25, 0.3) is 11.5 Å². The first-order valence-electron chi connectivity index (χ1n) is 10.6. The van der Waals surface area contributed by atoms with E-state index in [0.717, 1.165) is 16.8 Å². The maximum atomic E-state index is 13.0. The van der Waals surface area contributed by atoms with E-state index in [1.165, 1.54) is 4.57 Å². The summed E-state index contributed by atoms with van der Waals surface area (Å²) in [5.41, 5.74) is 3.08. The molecule has 4 aromatic rings. The number of carbonyl (C=O) groups excluding carboxylic acids is 1. The van der Waals surface area contributed by atoms with Gasteiger partial charge in [0.2, 0.25) is 5.78 Å². The van der Waals surface area contributed by atoms with Crippen molar-refractivity contribution in [3.05, 3.63) is 69.8 Å². The van der Waals surface area contributed by atoms with Gasteiger partial charge in [0.15, 0.2) is 5.82 Å². The second kappa shape index (κ2) is 8.08. The number of para-hydroxylation sites is 1. The van der Waals surface area contributed by atoms with Crippen LogP contribution >= 0.6 is 0 Å². The Morgan fingerprint density at radius 2 is 1.88 bits per heavy atom. The Labute approximate surface area is 184 Å². The van der Waals surface area contributed by atoms with Gasteiger partial charge in [-0.1, -0.05) is 18.2 Å². The lowest BCUT2D eigenvalue weighted by molar-refractivity contribution is 0.0302. The van der Waals surface area contributed by atoms with Gasteiger partial charge >= 0.3 is 0 Å². The van der Waals surface area contributed by atoms with E-state index in [0.29, 0.717) is 55.4 Å². The normalized spacial score (nSPS) is 14.2. The number of benzene rings is 2. The zero-order chi connectivity index (χ0) is 22.2. The summed E-state index contributed by atoms with van der Waals surface area (Å²) in [5.74, 6) is 1.18. The first-order valence-corrected chi connectivity index (χ1v) is 10.6. The summed E-state index contributed by atoms with van der Waals surface area (Å²) in [7, 11) is 1.70. The Bertz CT molecular complexity index is 1380. The van der Waals surface area contributed by atoms with E-state index < -0.39 is 0 Å². The van der Waals surface area contributed by atoms with Gasteiger partial charge in [-0.15, -0.1) is 10.2 Å². The van der Waals surface area contributed by atoms with Crippen molar-refractivity contribution in [3.63, 3.8) is 0 Å². The highest BCUT2D eigenvalue weighted by Crippen LogP contribution is 2.22. The van der Waals surface area contributed by atoms with E-state index in [4.69, 9.17) is 4.74 Å². The molecule has 0 aliphatic carbocycles. The van der Waals surface area contributed by atoms with E-state index in [1.54, 1.807) is 13.1 Å². The summed E-state index contributed by atoms with van der Waals surface area (Å²) >= 11 is 0. The average Bonchev–Trinajstić information content (AvgIpc) is 3.26. The molecule has 0 radical (unpaired) electrons. The van der Waals surface area contributed by atoms with Gasteiger partial charge < -0.3 is 15.0 Å². The lowest BCUT2D eigenvalue weighted by Crippen LogP contribution is -2.41. The van der Waals surface area contributed by atoms with Crippen molar-refractivity contribution in [2.24, 2.45) is 7.05 Å². The van der Waals surface area contributed by atoms with Gasteiger partial charge in [-0.2, -0.15) is 0 Å². The second-order valence-electron chi connectivity index (χ2n) is 7.87. The SMILES string of the molecule is Cc1c(NCc2nnc3n(C)c(=O)c4ccccc4n23)cccc1C(=O)N1CCOCC1. The van der Waals surface area contributed by atoms with Crippen LogP contribution in [0.3, 0.4) is 0 Å². The molecule has 1 fully saturated rings. The van der Waals surface area contributed by atoms with Crippen LogP contribution in [0.25, 0.3) is 16.7 Å². The first-order chi connectivity index (χ1) is 15.6. The van der Waals surface area contributed by atoms with Gasteiger partial charge in [-0.25, -0.2) is 0 Å². The van der Waals surface area contributed by atoms with E-state index in [-0.39, 0.29) is 11.5 Å². The molecule has 0 atom stereocenters. The lowest BCUT2D eigenvalue weighted by atomic mass is 10.0. The molecule has 3 heterocycles. The molecule has 164 valence electrons. The minimum atomic E-state index is -0.106. The number of aryl methyl sites for hydroxylation is 1. The molecule has 1 N–H and O–H groups in total. The summed E-state index contributed by atoms with van der Waals surface area (Å²) in [6.45, 7) is 4.68. The van der Waals surface area contributed by atoms with Crippen molar-refractivity contribution >= 4 is 28.3 Å². The summed E-state index contributed by atoms with van der Waals surface area (Å²) in [6, 6.07) is 13.1. The molecule has 1 amide bonds. The second-order valence-corrected chi connectivity index (χ2v) is 7.87. The number of hydrogen-bond acceptors (Lipinski definition) is 6. The monoisotopic (exact) mass is 432 g/mol. The van der Waals surface area contributed by atoms with Gasteiger partial charge in [0.05, 0.1) is 30.7 Å². The summed E-state index contributed by atoms with van der Waals surface area (Å²) in [4.78, 5) is 27.4. The number of ether oxygens (including phenoxy) is 1. The Kier molecular flexibility index (Phi) is 5.10. The summed E-state index contributed by atoms with van der Waals surface area (Å²) in [5, 5.41) is 12.6. The largest absolute Gasteiger partial charge is 0.378 e. The highest BCUT2D eigenvalue weighted by molar-refractivity contribution is 5.97. The van der Waals surface area contributed by atoms with Crippen LogP contribution in [0.15, 0.2) is 47.3 Å². The topological polar surface area (TPSA) is 93.8 Å². The third-order valence-corrected chi connectivity index (χ3v) is 5.99. The van der Waals surface area contributed by atoms with Crippen LogP contribution in [-0.4, -0.2) is 56.3 Å². The molecular weight excluding hydrogens is 408 g/mol. The molecule has 2 aromatic carbocycles. The number of nitrogens with one attached hydrogen (secondary N) is 1. The van der Waals surface area contributed by atoms with E-state index in [9.17, 15) is 9.59 Å². The molecule has 9 nitrogen and oxygen atoms in total. The molecule has 1 saturated heterocycles. The van der Waals surface area contributed by atoms with Crippen molar-refractivity contribution in [3.8, 4) is 0 Å². The zero-order valence-electron chi connectivity index (χ0n) is 18.0. The summed E-state index contributed by atoms with van der Waals surface area (Å²) < 4.78 is 8.75. The molecule has 32 heavy (non-hydrogen) atoms. The molecule has 0 unspecified atom stereocenters. The predicted octanol–water partition coefficient (Wildman–Crippen LogP) is 1.97. The molecular formula is C23H24N6O3. The number of hydrogen-bond donors (Lipinski definition) is 1. The van der Waals surface area contributed by atoms with Crippen molar-refractivity contribution in [2.45, 2.75) is 13.5 Å². The van der Waals surface area contributed by atoms with E-state index in [1.807, 2.05) is 52.6 Å². The standard InChI is InChI=1S/C23H24N6O3/c1-15-16(22(31)28-10-12-32-13-11-28)7-5-8-18(15)24-14-20-25-26-23-27(2)21(30)17-6-3-4-9-19(17)29(20)23/h3-9,24H,10-14H2,1-2H3. The number of aromatic nitrogens is 4. The van der Waals surface area contributed by atoms with Gasteiger partial charge in [-0.05, 0) is 36.8 Å². The Hall–Kier alpha value is -3.72. The van der Waals surface area contributed by atoms with E-state index >= 15 is 0 Å². The highest BCUT2D eigenvalue weighted by Gasteiger charge is 2.21. The maximum absolute atomic E-state index is 13.0. The molecule has 1 aliphatic rings. The first kappa shape index (κ1) is 20.2. The van der Waals surface area contributed by atoms with Crippen LogP contribution < -0.4 is 10.9 Å². The Morgan fingerprint density at radius 1 is 1.09 bits per heavy atom. The maximum Gasteiger partial charge on any atom is 0.262 e. The smallest absolute Gasteiger partial charge is 0.262 e. The van der Waals surface area contributed by atoms with Crippen LogP contribution in [0, 0.1) is 6.92 Å². The van der Waals surface area contributed by atoms with Crippen LogP contribution in [0.4, 0.5) is 5.69 Å². The van der Waals surface area contributed by atoms with Gasteiger partial charge in [-0.3, -0.25) is 18.6 Å². The van der Waals surface area contributed by atoms with Gasteiger partial charge in [0.1, 0.15) is 0 Å². The van der Waals surface area contributed by atoms with Crippen LogP contribution in [-0.2, 0) is 18.3 Å². The average molecular weight is 432 g/mol. The van der Waals surface area contributed by atoms with E-state index in [2.05, 4.69) is 15.5 Å². The highest BCUT2D eigenvalue weighted by atomic mass is 16.5. The van der Waals surface area contributed by atoms with Crippen molar-refractivity contribution < 1.29 is 9.53 Å². The molecule has 5 rings (SSSR count). The third-order valence-electron chi connectivity index (χ3n) is 5.99. The Balaban J connectivity index is 1.47. The quantitative estimate of drug-likeness (QED) is 0.530. The molecule has 9 heteroatoms. The van der Waals surface area contributed by atoms with Crippen LogP contribution in [0.5, 0.6) is 0 Å². The number of carbonyl (C=O) groups is 1. The molecule has 2 aromatic heterocycles. The fraction of sp³-hybridized carbons (Fsp3) is 0.304. The number of fused-ring (bicyclic) bond motifs is 3. The van der Waals surface area contributed by atoms with Gasteiger partial charge in [0, 0.05) is 31.4 Å². The molecule has 1 aliphatic heterocycles. The minimum Gasteiger partial charge on any atom is -0.378 e. The van der Waals surface area contributed by atoms with Crippen LogP contribution in [0.1, 0.15) is 21.7 Å². The molecule has 0 bridgehead atoms. The molecule has 0 spiro atoms. The zero-order valence-corrected chi connectivity index (χ0v) is 18.0. The predicted molar refractivity (Wildman–Crippen MR) is 121 cm³/mol. The lowest BCUT2D eigenvalue weighted by Gasteiger charge is -2.27. The van der Waals surface area contributed by atoms with Crippen molar-refractivity contribution in [1.82, 2.24) is 24.1 Å². The number of anilines is 1. The van der Waals surface area contributed by atoms with Crippen molar-refractivity contribution in [2.75, 3.05) is 31.6 Å². The minimum absolute atomic E-state index is 0.0170. The number of amides is 1. The number of nitrogens with zero attached hydrogens (tertiary/aromatic N) is 5. The summed E-state index contributed by atoms with van der Waals surface area (Å²) in [6.07, 6.45) is 0. The third kappa shape index (κ3) is 3.31. The fourth-order valence-electron chi connectivity index (χ4n) is 4.18. The Morgan fingerprint density at radius 3 is 2.69 bits per heavy atom. The fourth-order valence-corrected chi connectivity index (χ4v) is 4.18. The van der Waals surface area contributed by atoms with Crippen molar-refractivity contribution in [1.29, 1.82) is 0 Å². The van der Waals surface area contributed by atoms with Crippen LogP contribution in [0.2, 0.25) is 0 Å².